The van der Waals surface area contributed by atoms with Crippen molar-refractivity contribution in [2.45, 2.75) is 42.4 Å². The smallest absolute Gasteiger partial charge is 0.341 e. The van der Waals surface area contributed by atoms with Crippen molar-refractivity contribution in [3.63, 3.8) is 0 Å². The third-order valence-corrected chi connectivity index (χ3v) is 9.81. The van der Waals surface area contributed by atoms with E-state index in [2.05, 4.69) is 5.32 Å². The Balaban J connectivity index is 1.67. The van der Waals surface area contributed by atoms with Crippen molar-refractivity contribution in [2.75, 3.05) is 29.5 Å². The molecule has 0 bridgehead atoms. The summed E-state index contributed by atoms with van der Waals surface area (Å²) in [7, 11) is -2.72. The first kappa shape index (κ1) is 26.2. The molecule has 0 atom stereocenters. The minimum atomic E-state index is -4.04. The van der Waals surface area contributed by atoms with Gasteiger partial charge in [0.05, 0.1) is 23.3 Å². The summed E-state index contributed by atoms with van der Waals surface area (Å²) in [4.78, 5) is 27.9. The first-order chi connectivity index (χ1) is 17.2. The lowest BCUT2D eigenvalue weighted by atomic mass is 9.95. The number of fused-ring (bicyclic) bond motifs is 1. The number of ether oxygens (including phenoxy) is 1. The van der Waals surface area contributed by atoms with Gasteiger partial charge in [0.25, 0.3) is 10.0 Å². The molecule has 10 heteroatoms. The van der Waals surface area contributed by atoms with Gasteiger partial charge in [0.1, 0.15) is 11.5 Å². The molecule has 1 aliphatic rings. The van der Waals surface area contributed by atoms with Crippen LogP contribution in [-0.2, 0) is 32.4 Å². The number of nitrogens with one attached hydrogen (secondary N) is 1. The zero-order chi connectivity index (χ0) is 25.9. The number of carbonyl (C=O) groups excluding carboxylic acids is 2. The molecule has 7 nitrogen and oxygen atoms in total. The Morgan fingerprint density at radius 3 is 2.36 bits per heavy atom. The van der Waals surface area contributed by atoms with Crippen molar-refractivity contribution < 1.29 is 22.7 Å². The van der Waals surface area contributed by atoms with Gasteiger partial charge in [-0.3, -0.25) is 9.10 Å². The summed E-state index contributed by atoms with van der Waals surface area (Å²) in [6, 6.07) is 13.5. The molecule has 1 aromatic heterocycles. The number of esters is 1. The Morgan fingerprint density at radius 2 is 1.72 bits per heavy atom. The second kappa shape index (κ2) is 11.1. The maximum atomic E-state index is 13.7. The van der Waals surface area contributed by atoms with Crippen LogP contribution in [0.5, 0.6) is 0 Å². The average Bonchev–Trinajstić information content (AvgIpc) is 3.25. The Morgan fingerprint density at radius 1 is 1.06 bits per heavy atom. The number of amides is 1. The van der Waals surface area contributed by atoms with E-state index in [0.717, 1.165) is 50.9 Å². The van der Waals surface area contributed by atoms with Crippen molar-refractivity contribution in [1.82, 2.24) is 0 Å². The van der Waals surface area contributed by atoms with Gasteiger partial charge in [0.15, 0.2) is 0 Å². The van der Waals surface area contributed by atoms with Gasteiger partial charge in [-0.25, -0.2) is 13.2 Å². The lowest BCUT2D eigenvalue weighted by molar-refractivity contribution is -0.114. The number of aryl methyl sites for hydroxylation is 2. The van der Waals surface area contributed by atoms with E-state index in [4.69, 9.17) is 4.74 Å². The van der Waals surface area contributed by atoms with Gasteiger partial charge in [-0.1, -0.05) is 17.7 Å². The average molecular weight is 545 g/mol. The molecule has 1 amide bonds. The number of hydrogen-bond acceptors (Lipinski definition) is 7. The van der Waals surface area contributed by atoms with Crippen molar-refractivity contribution >= 4 is 55.7 Å². The van der Waals surface area contributed by atoms with E-state index in [1.54, 1.807) is 48.5 Å². The van der Waals surface area contributed by atoms with Crippen molar-refractivity contribution in [3.05, 3.63) is 70.1 Å². The first-order valence-electron chi connectivity index (χ1n) is 11.5. The monoisotopic (exact) mass is 544 g/mol. The van der Waals surface area contributed by atoms with Gasteiger partial charge < -0.3 is 10.1 Å². The van der Waals surface area contributed by atoms with E-state index < -0.39 is 28.4 Å². The first-order valence-corrected chi connectivity index (χ1v) is 15.0. The van der Waals surface area contributed by atoms with E-state index >= 15 is 0 Å². The highest BCUT2D eigenvalue weighted by Crippen LogP contribution is 2.38. The SMILES string of the molecule is COC(=O)c1c(NC(=O)CN(c2ccc(C)cc2)S(=O)(=O)c2ccc(SC)cc2)sc2c1CCCC2. The number of thioether (sulfide) groups is 1. The number of rotatable bonds is 8. The van der Waals surface area contributed by atoms with Crippen molar-refractivity contribution in [2.24, 2.45) is 0 Å². The highest BCUT2D eigenvalue weighted by Gasteiger charge is 2.30. The molecule has 0 saturated carbocycles. The van der Waals surface area contributed by atoms with E-state index in [-0.39, 0.29) is 4.90 Å². The zero-order valence-electron chi connectivity index (χ0n) is 20.4. The molecule has 0 aliphatic heterocycles. The minimum absolute atomic E-state index is 0.0931. The standard InChI is InChI=1S/C26H28N2O5S3/c1-17-8-10-18(11-9-17)28(36(31,32)20-14-12-19(34-3)13-15-20)16-23(29)27-25-24(26(30)33-2)21-6-4-5-7-22(21)35-25/h8-15H,4-7,16H2,1-3H3,(H,27,29). The van der Waals surface area contributed by atoms with Crippen LogP contribution in [0.3, 0.4) is 0 Å². The quantitative estimate of drug-likeness (QED) is 0.307. The summed E-state index contributed by atoms with van der Waals surface area (Å²) in [5, 5.41) is 3.21. The lowest BCUT2D eigenvalue weighted by Gasteiger charge is -2.24. The normalized spacial score (nSPS) is 13.1. The highest BCUT2D eigenvalue weighted by atomic mass is 32.2. The summed E-state index contributed by atoms with van der Waals surface area (Å²) in [6.45, 7) is 1.46. The van der Waals surface area contributed by atoms with Crippen LogP contribution in [0.25, 0.3) is 0 Å². The molecule has 1 heterocycles. The molecule has 190 valence electrons. The molecular weight excluding hydrogens is 516 g/mol. The predicted molar refractivity (Wildman–Crippen MR) is 145 cm³/mol. The molecule has 2 aromatic carbocycles. The number of benzene rings is 2. The molecule has 0 fully saturated rings. The Hall–Kier alpha value is -2.82. The van der Waals surface area contributed by atoms with Gasteiger partial charge in [-0.2, -0.15) is 0 Å². The predicted octanol–water partition coefficient (Wildman–Crippen LogP) is 5.28. The second-order valence-corrected chi connectivity index (χ2v) is 12.3. The molecule has 1 N–H and O–H groups in total. The summed E-state index contributed by atoms with van der Waals surface area (Å²) in [5.41, 5.74) is 2.65. The van der Waals surface area contributed by atoms with Crippen LogP contribution in [0.4, 0.5) is 10.7 Å². The second-order valence-electron chi connectivity index (χ2n) is 8.48. The van der Waals surface area contributed by atoms with Gasteiger partial charge in [0.2, 0.25) is 5.91 Å². The number of hydrogen-bond donors (Lipinski definition) is 1. The zero-order valence-corrected chi connectivity index (χ0v) is 22.8. The molecular formula is C26H28N2O5S3. The number of sulfonamides is 1. The number of carbonyl (C=O) groups is 2. The van der Waals surface area contributed by atoms with Crippen LogP contribution in [0, 0.1) is 6.92 Å². The topological polar surface area (TPSA) is 92.8 Å². The maximum Gasteiger partial charge on any atom is 0.341 e. The van der Waals surface area contributed by atoms with Gasteiger partial charge in [-0.15, -0.1) is 23.1 Å². The summed E-state index contributed by atoms with van der Waals surface area (Å²) < 4.78 is 33.4. The van der Waals surface area contributed by atoms with Crippen molar-refractivity contribution in [1.29, 1.82) is 0 Å². The molecule has 0 spiro atoms. The number of thiophene rings is 1. The van der Waals surface area contributed by atoms with Crippen LogP contribution >= 0.6 is 23.1 Å². The summed E-state index contributed by atoms with van der Waals surface area (Å²) in [6.07, 6.45) is 5.50. The van der Waals surface area contributed by atoms with Crippen LogP contribution in [0.1, 0.15) is 39.2 Å². The van der Waals surface area contributed by atoms with Crippen LogP contribution < -0.4 is 9.62 Å². The third kappa shape index (κ3) is 5.45. The van der Waals surface area contributed by atoms with Gasteiger partial charge in [-0.05, 0) is 80.8 Å². The molecule has 4 rings (SSSR count). The molecule has 0 unspecified atom stereocenters. The fraction of sp³-hybridized carbons (Fsp3) is 0.308. The number of anilines is 2. The Labute approximate surface area is 219 Å². The fourth-order valence-electron chi connectivity index (χ4n) is 4.17. The minimum Gasteiger partial charge on any atom is -0.465 e. The fourth-order valence-corrected chi connectivity index (χ4v) is 7.29. The molecule has 0 saturated heterocycles. The molecule has 1 aliphatic carbocycles. The van der Waals surface area contributed by atoms with E-state index in [0.29, 0.717) is 16.3 Å². The number of methoxy groups -OCH3 is 1. The summed E-state index contributed by atoms with van der Waals surface area (Å²) >= 11 is 2.88. The van der Waals surface area contributed by atoms with E-state index in [1.807, 2.05) is 13.2 Å². The van der Waals surface area contributed by atoms with Gasteiger partial charge in [0, 0.05) is 9.77 Å². The largest absolute Gasteiger partial charge is 0.465 e. The van der Waals surface area contributed by atoms with E-state index in [1.165, 1.54) is 30.2 Å². The van der Waals surface area contributed by atoms with Crippen LogP contribution in [0.15, 0.2) is 58.3 Å². The third-order valence-electron chi connectivity index (χ3n) is 6.07. The van der Waals surface area contributed by atoms with Crippen LogP contribution in [0.2, 0.25) is 0 Å². The molecule has 36 heavy (non-hydrogen) atoms. The van der Waals surface area contributed by atoms with E-state index in [9.17, 15) is 18.0 Å². The summed E-state index contributed by atoms with van der Waals surface area (Å²) in [5.74, 6) is -1.04. The number of nitrogens with zero attached hydrogens (tertiary/aromatic N) is 1. The molecule has 3 aromatic rings. The highest BCUT2D eigenvalue weighted by molar-refractivity contribution is 7.98. The Kier molecular flexibility index (Phi) is 8.07. The van der Waals surface area contributed by atoms with Crippen LogP contribution in [-0.4, -0.2) is 40.2 Å². The maximum absolute atomic E-state index is 13.7. The van der Waals surface area contributed by atoms with Crippen molar-refractivity contribution in [3.8, 4) is 0 Å². The van der Waals surface area contributed by atoms with Gasteiger partial charge >= 0.3 is 5.97 Å². The lowest BCUT2D eigenvalue weighted by Crippen LogP contribution is -2.38. The molecule has 0 radical (unpaired) electrons. The Bertz CT molecular complexity index is 1360.